The molecule has 1 amide bonds. The molecule has 3 nitrogen and oxygen atoms in total. The van der Waals surface area contributed by atoms with E-state index in [4.69, 9.17) is 4.84 Å². The van der Waals surface area contributed by atoms with E-state index in [1.165, 1.54) is 18.2 Å². The topological polar surface area (TPSA) is 29.5 Å². The molecular weight excluding hydrogens is 178 g/mol. The van der Waals surface area contributed by atoms with Crippen LogP contribution in [0.1, 0.15) is 5.56 Å². The minimum absolute atomic E-state index is 0.184. The molecule has 0 atom stereocenters. The Balaban J connectivity index is 2.61. The second-order valence-corrected chi connectivity index (χ2v) is 2.76. The van der Waals surface area contributed by atoms with Crippen LogP contribution in [0.2, 0.25) is 0 Å². The van der Waals surface area contributed by atoms with E-state index in [2.05, 4.69) is 0 Å². The molecular formula is C11H13NO2. The number of amides is 1. The fourth-order valence-electron chi connectivity index (χ4n) is 0.927. The summed E-state index contributed by atoms with van der Waals surface area (Å²) in [7, 11) is 3.02. The minimum Gasteiger partial charge on any atom is -0.274 e. The van der Waals surface area contributed by atoms with Crippen molar-refractivity contribution in [2.75, 3.05) is 14.2 Å². The van der Waals surface area contributed by atoms with E-state index in [-0.39, 0.29) is 5.91 Å². The van der Waals surface area contributed by atoms with Gasteiger partial charge in [-0.05, 0) is 11.6 Å². The molecule has 0 saturated carbocycles. The van der Waals surface area contributed by atoms with Crippen LogP contribution in [0.3, 0.4) is 0 Å². The number of carbonyl (C=O) groups excluding carboxylic acids is 1. The molecule has 1 aromatic rings. The lowest BCUT2D eigenvalue weighted by Crippen LogP contribution is -2.22. The van der Waals surface area contributed by atoms with Gasteiger partial charge in [-0.1, -0.05) is 30.3 Å². The Hall–Kier alpha value is -1.61. The molecule has 0 bridgehead atoms. The van der Waals surface area contributed by atoms with Crippen molar-refractivity contribution >= 4 is 12.0 Å². The molecule has 0 N–H and O–H groups in total. The summed E-state index contributed by atoms with van der Waals surface area (Å²) >= 11 is 0. The third kappa shape index (κ3) is 3.03. The molecule has 0 radical (unpaired) electrons. The summed E-state index contributed by atoms with van der Waals surface area (Å²) in [6, 6.07) is 9.63. The maximum absolute atomic E-state index is 11.3. The molecule has 1 aromatic carbocycles. The maximum Gasteiger partial charge on any atom is 0.269 e. The summed E-state index contributed by atoms with van der Waals surface area (Å²) < 4.78 is 0. The number of carbonyl (C=O) groups is 1. The first-order valence-corrected chi connectivity index (χ1v) is 4.29. The van der Waals surface area contributed by atoms with E-state index in [0.717, 1.165) is 5.56 Å². The van der Waals surface area contributed by atoms with E-state index < -0.39 is 0 Å². The highest BCUT2D eigenvalue weighted by Gasteiger charge is 2.01. The van der Waals surface area contributed by atoms with Crippen molar-refractivity contribution in [3.05, 3.63) is 42.0 Å². The Bertz CT molecular complexity index is 319. The molecule has 0 aliphatic carbocycles. The Labute approximate surface area is 83.6 Å². The smallest absolute Gasteiger partial charge is 0.269 e. The minimum atomic E-state index is -0.184. The molecule has 0 heterocycles. The van der Waals surface area contributed by atoms with Gasteiger partial charge in [-0.3, -0.25) is 9.63 Å². The highest BCUT2D eigenvalue weighted by molar-refractivity contribution is 5.90. The molecule has 0 saturated heterocycles. The van der Waals surface area contributed by atoms with Crippen molar-refractivity contribution in [1.82, 2.24) is 5.06 Å². The zero-order valence-corrected chi connectivity index (χ0v) is 8.31. The monoisotopic (exact) mass is 191 g/mol. The molecule has 74 valence electrons. The average molecular weight is 191 g/mol. The standard InChI is InChI=1S/C11H13NO2/c1-12(14-2)11(13)9-8-10-6-4-3-5-7-10/h3-9H,1-2H3/b9-8-. The largest absolute Gasteiger partial charge is 0.274 e. The van der Waals surface area contributed by atoms with Gasteiger partial charge in [0.05, 0.1) is 7.11 Å². The molecule has 0 aliphatic heterocycles. The predicted molar refractivity (Wildman–Crippen MR) is 55.3 cm³/mol. The number of likely N-dealkylation sites (N-methyl/N-ethyl adjacent to an activating group) is 1. The van der Waals surface area contributed by atoms with Gasteiger partial charge < -0.3 is 0 Å². The molecule has 0 aromatic heterocycles. The number of hydroxylamine groups is 2. The fourth-order valence-corrected chi connectivity index (χ4v) is 0.927. The van der Waals surface area contributed by atoms with Crippen LogP contribution in [0.25, 0.3) is 6.08 Å². The van der Waals surface area contributed by atoms with Crippen molar-refractivity contribution in [1.29, 1.82) is 0 Å². The van der Waals surface area contributed by atoms with E-state index >= 15 is 0 Å². The quantitative estimate of drug-likeness (QED) is 0.537. The van der Waals surface area contributed by atoms with Gasteiger partial charge in [0.2, 0.25) is 0 Å². The van der Waals surface area contributed by atoms with Crippen molar-refractivity contribution in [3.8, 4) is 0 Å². The molecule has 14 heavy (non-hydrogen) atoms. The van der Waals surface area contributed by atoms with Gasteiger partial charge in [-0.15, -0.1) is 0 Å². The number of nitrogens with zero attached hydrogens (tertiary/aromatic N) is 1. The summed E-state index contributed by atoms with van der Waals surface area (Å²) in [6.45, 7) is 0. The lowest BCUT2D eigenvalue weighted by molar-refractivity contribution is -0.162. The van der Waals surface area contributed by atoms with Gasteiger partial charge in [0.15, 0.2) is 0 Å². The van der Waals surface area contributed by atoms with Gasteiger partial charge in [-0.25, -0.2) is 5.06 Å². The fraction of sp³-hybridized carbons (Fsp3) is 0.182. The first-order chi connectivity index (χ1) is 6.74. The van der Waals surface area contributed by atoms with Gasteiger partial charge >= 0.3 is 0 Å². The zero-order chi connectivity index (χ0) is 10.4. The summed E-state index contributed by atoms with van der Waals surface area (Å²) in [6.07, 6.45) is 3.22. The molecule has 1 rings (SSSR count). The highest BCUT2D eigenvalue weighted by atomic mass is 16.7. The summed E-state index contributed by atoms with van der Waals surface area (Å²) in [4.78, 5) is 16.0. The number of rotatable bonds is 3. The van der Waals surface area contributed by atoms with Crippen molar-refractivity contribution in [2.45, 2.75) is 0 Å². The average Bonchev–Trinajstić information content (AvgIpc) is 2.26. The SMILES string of the molecule is CON(C)C(=O)/C=C\c1ccccc1. The van der Waals surface area contributed by atoms with E-state index in [9.17, 15) is 4.79 Å². The summed E-state index contributed by atoms with van der Waals surface area (Å²) in [5.74, 6) is -0.184. The van der Waals surface area contributed by atoms with E-state index in [1.54, 1.807) is 13.1 Å². The van der Waals surface area contributed by atoms with Crippen LogP contribution in [0.4, 0.5) is 0 Å². The Morgan fingerprint density at radius 2 is 2.00 bits per heavy atom. The van der Waals surface area contributed by atoms with Crippen LogP contribution in [0, 0.1) is 0 Å². The number of hydrogen-bond donors (Lipinski definition) is 0. The van der Waals surface area contributed by atoms with E-state index in [0.29, 0.717) is 0 Å². The maximum atomic E-state index is 11.3. The van der Waals surface area contributed by atoms with Crippen LogP contribution in [0.5, 0.6) is 0 Å². The third-order valence-corrected chi connectivity index (χ3v) is 1.80. The van der Waals surface area contributed by atoms with Gasteiger partial charge in [-0.2, -0.15) is 0 Å². The van der Waals surface area contributed by atoms with Gasteiger partial charge in [0.1, 0.15) is 0 Å². The van der Waals surface area contributed by atoms with Crippen molar-refractivity contribution in [2.24, 2.45) is 0 Å². The van der Waals surface area contributed by atoms with Crippen LogP contribution in [-0.4, -0.2) is 25.1 Å². The molecule has 3 heteroatoms. The summed E-state index contributed by atoms with van der Waals surface area (Å²) in [5, 5.41) is 1.17. The zero-order valence-electron chi connectivity index (χ0n) is 8.31. The van der Waals surface area contributed by atoms with Crippen LogP contribution >= 0.6 is 0 Å². The first-order valence-electron chi connectivity index (χ1n) is 4.29. The summed E-state index contributed by atoms with van der Waals surface area (Å²) in [5.41, 5.74) is 0.991. The van der Waals surface area contributed by atoms with Crippen LogP contribution in [-0.2, 0) is 9.63 Å². The third-order valence-electron chi connectivity index (χ3n) is 1.80. The normalized spacial score (nSPS) is 10.4. The van der Waals surface area contributed by atoms with Crippen molar-refractivity contribution in [3.63, 3.8) is 0 Å². The molecule has 0 aliphatic rings. The predicted octanol–water partition coefficient (Wildman–Crippen LogP) is 1.72. The van der Waals surface area contributed by atoms with Gasteiger partial charge in [0.25, 0.3) is 5.91 Å². The van der Waals surface area contributed by atoms with Crippen molar-refractivity contribution < 1.29 is 9.63 Å². The second-order valence-electron chi connectivity index (χ2n) is 2.76. The first kappa shape index (κ1) is 10.5. The second kappa shape index (κ2) is 5.19. The lowest BCUT2D eigenvalue weighted by Gasteiger charge is -2.09. The van der Waals surface area contributed by atoms with Gasteiger partial charge in [0, 0.05) is 13.1 Å². The molecule has 0 fully saturated rings. The van der Waals surface area contributed by atoms with E-state index in [1.807, 2.05) is 30.3 Å². The molecule has 0 spiro atoms. The Morgan fingerprint density at radius 3 is 2.57 bits per heavy atom. The molecule has 0 unspecified atom stereocenters. The Kier molecular flexibility index (Phi) is 3.88. The number of benzene rings is 1. The number of hydrogen-bond acceptors (Lipinski definition) is 2. The highest BCUT2D eigenvalue weighted by Crippen LogP contribution is 2.01. The van der Waals surface area contributed by atoms with Crippen LogP contribution < -0.4 is 0 Å². The van der Waals surface area contributed by atoms with Crippen LogP contribution in [0.15, 0.2) is 36.4 Å². The lowest BCUT2D eigenvalue weighted by atomic mass is 10.2. The Morgan fingerprint density at radius 1 is 1.36 bits per heavy atom.